The molecule has 2 amide bonds. The van der Waals surface area contributed by atoms with E-state index in [0.717, 1.165) is 88.1 Å². The van der Waals surface area contributed by atoms with E-state index in [-0.39, 0.29) is 29.3 Å². The highest BCUT2D eigenvalue weighted by molar-refractivity contribution is 6.31. The van der Waals surface area contributed by atoms with Gasteiger partial charge in [0.25, 0.3) is 11.8 Å². The maximum atomic E-state index is 13.4. The van der Waals surface area contributed by atoms with Crippen LogP contribution in [-0.2, 0) is 12.7 Å². The molecule has 250 valence electrons. The van der Waals surface area contributed by atoms with Gasteiger partial charge in [-0.1, -0.05) is 29.8 Å². The second-order valence-electron chi connectivity index (χ2n) is 11.7. The lowest BCUT2D eigenvalue weighted by Crippen LogP contribution is -2.46. The minimum Gasteiger partial charge on any atom is -0.395 e. The number of β-amino-alcohol motifs (C(OH)–C–C–N with tert-alkyl or cyclic N) is 1. The van der Waals surface area contributed by atoms with Crippen LogP contribution in [0.15, 0.2) is 65.8 Å². The fourth-order valence-corrected chi connectivity index (χ4v) is 6.04. The van der Waals surface area contributed by atoms with E-state index in [1.165, 1.54) is 6.07 Å². The summed E-state index contributed by atoms with van der Waals surface area (Å²) in [5.41, 5.74) is 4.19. The van der Waals surface area contributed by atoms with E-state index in [2.05, 4.69) is 30.5 Å². The fourth-order valence-electron chi connectivity index (χ4n) is 5.82. The number of hydrogen-bond donors (Lipinski definition) is 3. The molecule has 2 aliphatic heterocycles. The largest absolute Gasteiger partial charge is 0.417 e. The van der Waals surface area contributed by atoms with Crippen LogP contribution >= 0.6 is 11.6 Å². The SMILES string of the molecule is O=C(Nc1ccc(N2CCCCC2)cc1C(=O)N/N=C/c1ccc(Cl)c(C(F)(F)F)c1)c1cccc(CN2CCN(CCO)CC2)c1. The van der Waals surface area contributed by atoms with Crippen molar-refractivity contribution in [1.29, 1.82) is 0 Å². The Hall–Kier alpha value is -3.97. The van der Waals surface area contributed by atoms with Gasteiger partial charge in [0.15, 0.2) is 0 Å². The van der Waals surface area contributed by atoms with Gasteiger partial charge in [-0.2, -0.15) is 18.3 Å². The molecule has 47 heavy (non-hydrogen) atoms. The molecule has 3 aromatic rings. The van der Waals surface area contributed by atoms with Gasteiger partial charge in [-0.25, -0.2) is 5.43 Å². The van der Waals surface area contributed by atoms with Gasteiger partial charge < -0.3 is 15.3 Å². The van der Waals surface area contributed by atoms with Crippen molar-refractivity contribution in [1.82, 2.24) is 15.2 Å². The third-order valence-corrected chi connectivity index (χ3v) is 8.70. The number of benzene rings is 3. The summed E-state index contributed by atoms with van der Waals surface area (Å²) >= 11 is 5.71. The number of nitrogens with zero attached hydrogens (tertiary/aromatic N) is 4. The van der Waals surface area contributed by atoms with Gasteiger partial charge in [-0.05, 0) is 72.9 Å². The molecule has 0 atom stereocenters. The molecule has 0 unspecified atom stereocenters. The molecular weight excluding hydrogens is 633 g/mol. The van der Waals surface area contributed by atoms with E-state index >= 15 is 0 Å². The maximum Gasteiger partial charge on any atom is 0.417 e. The highest BCUT2D eigenvalue weighted by Crippen LogP contribution is 2.35. The van der Waals surface area contributed by atoms with Crippen LogP contribution in [0.25, 0.3) is 0 Å². The van der Waals surface area contributed by atoms with E-state index in [9.17, 15) is 27.9 Å². The Morgan fingerprint density at radius 2 is 1.64 bits per heavy atom. The molecule has 0 bridgehead atoms. The first-order valence-electron chi connectivity index (χ1n) is 15.7. The average Bonchev–Trinajstić information content (AvgIpc) is 3.06. The van der Waals surface area contributed by atoms with Crippen LogP contribution < -0.4 is 15.6 Å². The van der Waals surface area contributed by atoms with Crippen LogP contribution in [0.3, 0.4) is 0 Å². The molecule has 13 heteroatoms. The standard InChI is InChI=1S/C34H38ClF3N6O3/c35-30-9-7-24(20-29(30)34(36,37)38)22-39-41-33(47)28-21-27(44-11-2-1-3-12-44)8-10-31(28)40-32(46)26-6-4-5-25(19-26)23-43-15-13-42(14-16-43)17-18-45/h4-10,19-22,45H,1-3,11-18,23H2,(H,40,46)(H,41,47)/b39-22+. The van der Waals surface area contributed by atoms with Gasteiger partial charge in [0.2, 0.25) is 0 Å². The smallest absolute Gasteiger partial charge is 0.395 e. The first kappa shape index (κ1) is 34.4. The number of piperazine rings is 1. The molecule has 9 nitrogen and oxygen atoms in total. The normalized spacial score (nSPS) is 16.4. The Balaban J connectivity index is 1.31. The third kappa shape index (κ3) is 9.32. The number of alkyl halides is 3. The zero-order chi connectivity index (χ0) is 33.4. The number of nitrogens with one attached hydrogen (secondary N) is 2. The summed E-state index contributed by atoms with van der Waals surface area (Å²) < 4.78 is 39.8. The van der Waals surface area contributed by atoms with Gasteiger partial charge in [-0.15, -0.1) is 0 Å². The molecule has 2 heterocycles. The Kier molecular flexibility index (Phi) is 11.5. The van der Waals surface area contributed by atoms with Gasteiger partial charge in [0, 0.05) is 63.6 Å². The molecule has 2 saturated heterocycles. The molecular formula is C34H38ClF3N6O3. The van der Waals surface area contributed by atoms with Crippen molar-refractivity contribution in [3.63, 3.8) is 0 Å². The van der Waals surface area contributed by atoms with E-state index in [0.29, 0.717) is 18.7 Å². The fraction of sp³-hybridized carbons (Fsp3) is 0.382. The number of hydrazone groups is 1. The van der Waals surface area contributed by atoms with E-state index in [4.69, 9.17) is 11.6 Å². The quantitative estimate of drug-likeness (QED) is 0.195. The first-order valence-corrected chi connectivity index (χ1v) is 16.0. The lowest BCUT2D eigenvalue weighted by molar-refractivity contribution is -0.137. The Bertz CT molecular complexity index is 1590. The monoisotopic (exact) mass is 670 g/mol. The number of halogens is 4. The maximum absolute atomic E-state index is 13.4. The predicted octanol–water partition coefficient (Wildman–Crippen LogP) is 5.48. The van der Waals surface area contributed by atoms with E-state index in [1.54, 1.807) is 18.2 Å². The Labute approximate surface area is 277 Å². The minimum atomic E-state index is -4.64. The summed E-state index contributed by atoms with van der Waals surface area (Å²) in [5, 5.41) is 15.5. The van der Waals surface area contributed by atoms with Crippen molar-refractivity contribution >= 4 is 41.0 Å². The van der Waals surface area contributed by atoms with Gasteiger partial charge in [0.1, 0.15) is 0 Å². The number of piperidine rings is 1. The third-order valence-electron chi connectivity index (χ3n) is 8.37. The molecule has 0 aromatic heterocycles. The molecule has 2 aliphatic rings. The number of rotatable bonds is 10. The number of hydrogen-bond acceptors (Lipinski definition) is 7. The summed E-state index contributed by atoms with van der Waals surface area (Å²) in [6.07, 6.45) is -0.345. The highest BCUT2D eigenvalue weighted by Gasteiger charge is 2.33. The number of carbonyl (C=O) groups excluding carboxylic acids is 2. The summed E-state index contributed by atoms with van der Waals surface area (Å²) in [6, 6.07) is 15.9. The summed E-state index contributed by atoms with van der Waals surface area (Å²) in [5.74, 6) is -1.02. The second kappa shape index (κ2) is 15.7. The highest BCUT2D eigenvalue weighted by atomic mass is 35.5. The molecule has 0 spiro atoms. The van der Waals surface area contributed by atoms with Crippen LogP contribution in [0, 0.1) is 0 Å². The van der Waals surface area contributed by atoms with Crippen molar-refractivity contribution in [3.8, 4) is 0 Å². The van der Waals surface area contributed by atoms with Crippen molar-refractivity contribution in [3.05, 3.63) is 93.5 Å². The molecule has 0 saturated carbocycles. The number of aliphatic hydroxyl groups excluding tert-OH is 1. The second-order valence-corrected chi connectivity index (χ2v) is 12.1. The summed E-state index contributed by atoms with van der Waals surface area (Å²) in [7, 11) is 0. The number of amides is 2. The van der Waals surface area contributed by atoms with Crippen LogP contribution in [0.1, 0.15) is 56.7 Å². The Morgan fingerprint density at radius 1 is 0.894 bits per heavy atom. The van der Waals surface area contributed by atoms with E-state index in [1.807, 2.05) is 24.3 Å². The van der Waals surface area contributed by atoms with Crippen LogP contribution in [0.4, 0.5) is 24.5 Å². The number of carbonyl (C=O) groups is 2. The molecule has 0 aliphatic carbocycles. The van der Waals surface area contributed by atoms with Crippen molar-refractivity contribution in [2.45, 2.75) is 32.0 Å². The molecule has 0 radical (unpaired) electrons. The first-order chi connectivity index (χ1) is 22.6. The molecule has 3 N–H and O–H groups in total. The molecule has 2 fully saturated rings. The number of anilines is 2. The molecule has 3 aromatic carbocycles. The average molecular weight is 671 g/mol. The summed E-state index contributed by atoms with van der Waals surface area (Å²) in [6.45, 7) is 6.64. The Morgan fingerprint density at radius 3 is 2.36 bits per heavy atom. The zero-order valence-electron chi connectivity index (χ0n) is 25.9. The minimum absolute atomic E-state index is 0.101. The topological polar surface area (TPSA) is 101 Å². The van der Waals surface area contributed by atoms with Crippen molar-refractivity contribution in [2.24, 2.45) is 5.10 Å². The van der Waals surface area contributed by atoms with Gasteiger partial charge >= 0.3 is 6.18 Å². The van der Waals surface area contributed by atoms with Gasteiger partial charge in [-0.3, -0.25) is 19.4 Å². The lowest BCUT2D eigenvalue weighted by Gasteiger charge is -2.34. The van der Waals surface area contributed by atoms with Crippen LogP contribution in [0.5, 0.6) is 0 Å². The van der Waals surface area contributed by atoms with Crippen LogP contribution in [-0.4, -0.2) is 85.4 Å². The van der Waals surface area contributed by atoms with Crippen LogP contribution in [0.2, 0.25) is 5.02 Å². The number of aliphatic hydroxyl groups is 1. The summed E-state index contributed by atoms with van der Waals surface area (Å²) in [4.78, 5) is 33.6. The lowest BCUT2D eigenvalue weighted by atomic mass is 10.1. The van der Waals surface area contributed by atoms with E-state index < -0.39 is 22.7 Å². The zero-order valence-corrected chi connectivity index (χ0v) is 26.7. The van der Waals surface area contributed by atoms with Crippen molar-refractivity contribution in [2.75, 3.05) is 62.6 Å². The molecule has 5 rings (SSSR count). The van der Waals surface area contributed by atoms with Gasteiger partial charge in [0.05, 0.1) is 34.7 Å². The van der Waals surface area contributed by atoms with Crippen molar-refractivity contribution < 1.29 is 27.9 Å². The predicted molar refractivity (Wildman–Crippen MR) is 177 cm³/mol.